The fraction of sp³-hybridized carbons (Fsp3) is 0.739. The molecule has 0 radical (unpaired) electrons. The Morgan fingerprint density at radius 2 is 2.16 bits per heavy atom. The summed E-state index contributed by atoms with van der Waals surface area (Å²) in [5, 5.41) is 28.3. The third-order valence-corrected chi connectivity index (χ3v) is 8.61. The Morgan fingerprint density at radius 3 is 2.81 bits per heavy atom. The van der Waals surface area contributed by atoms with Gasteiger partial charge in [0.05, 0.1) is 18.4 Å². The minimum atomic E-state index is -0.594. The van der Waals surface area contributed by atoms with Gasteiger partial charge in [0.25, 0.3) is 0 Å². The summed E-state index contributed by atoms with van der Waals surface area (Å²) in [6.07, 6.45) is 3.84. The zero-order chi connectivity index (χ0) is 22.8. The lowest BCUT2D eigenvalue weighted by molar-refractivity contribution is -0.144. The molecule has 3 rings (SSSR count). The van der Waals surface area contributed by atoms with Gasteiger partial charge in [0.2, 0.25) is 5.91 Å². The largest absolute Gasteiger partial charge is 0.396 e. The summed E-state index contributed by atoms with van der Waals surface area (Å²) in [4.78, 5) is 21.0. The van der Waals surface area contributed by atoms with Crippen LogP contribution >= 0.6 is 11.3 Å². The van der Waals surface area contributed by atoms with E-state index in [2.05, 4.69) is 24.1 Å². The van der Waals surface area contributed by atoms with E-state index in [-0.39, 0.29) is 29.8 Å². The quantitative estimate of drug-likeness (QED) is 0.431. The maximum absolute atomic E-state index is 12.9. The molecule has 4 N–H and O–H groups in total. The predicted octanol–water partition coefficient (Wildman–Crippen LogP) is 2.22. The van der Waals surface area contributed by atoms with Crippen molar-refractivity contribution in [1.29, 1.82) is 0 Å². The molecule has 5 atom stereocenters. The number of hydrogen-bond acceptors (Lipinski definition) is 7. The van der Waals surface area contributed by atoms with Crippen molar-refractivity contribution >= 4 is 22.4 Å². The minimum Gasteiger partial charge on any atom is -0.396 e. The summed E-state index contributed by atoms with van der Waals surface area (Å²) >= 11 is 1.62. The third kappa shape index (κ3) is 4.67. The van der Waals surface area contributed by atoms with Crippen LogP contribution < -0.4 is 10.6 Å². The second-order valence-corrected chi connectivity index (χ2v) is 11.0. The van der Waals surface area contributed by atoms with E-state index in [9.17, 15) is 15.0 Å². The lowest BCUT2D eigenvalue weighted by Crippen LogP contribution is -2.57. The average molecular weight is 451 g/mol. The zero-order valence-electron chi connectivity index (χ0n) is 19.3. The smallest absolute Gasteiger partial charge is 0.220 e. The lowest BCUT2D eigenvalue weighted by atomic mass is 9.47. The maximum atomic E-state index is 12.9. The summed E-state index contributed by atoms with van der Waals surface area (Å²) < 4.78 is 0. The van der Waals surface area contributed by atoms with E-state index in [1.54, 1.807) is 17.4 Å². The molecule has 0 bridgehead atoms. The van der Waals surface area contributed by atoms with Crippen LogP contribution in [-0.4, -0.2) is 72.4 Å². The molecule has 1 fully saturated rings. The number of hydrogen-bond donors (Lipinski definition) is 4. The van der Waals surface area contributed by atoms with E-state index in [4.69, 9.17) is 4.98 Å². The molecule has 0 unspecified atom stereocenters. The Morgan fingerprint density at radius 1 is 1.42 bits per heavy atom. The number of rotatable bonds is 9. The van der Waals surface area contributed by atoms with Crippen LogP contribution in [0.3, 0.4) is 0 Å². The number of nitrogens with one attached hydrogen (secondary N) is 2. The molecule has 31 heavy (non-hydrogen) atoms. The van der Waals surface area contributed by atoms with Crippen LogP contribution in [0.1, 0.15) is 49.6 Å². The van der Waals surface area contributed by atoms with E-state index in [0.717, 1.165) is 35.1 Å². The molecule has 2 aliphatic carbocycles. The molecule has 7 nitrogen and oxygen atoms in total. The first-order chi connectivity index (χ1) is 14.7. The number of carbonyl (C=O) groups is 1. The Hall–Kier alpha value is -1.48. The molecule has 174 valence electrons. The van der Waals surface area contributed by atoms with E-state index < -0.39 is 11.5 Å². The summed E-state index contributed by atoms with van der Waals surface area (Å²) in [5.41, 5.74) is 0.199. The normalized spacial score (nSPS) is 32.3. The van der Waals surface area contributed by atoms with Crippen molar-refractivity contribution in [3.8, 4) is 0 Å². The maximum Gasteiger partial charge on any atom is 0.220 e. The van der Waals surface area contributed by atoms with Crippen LogP contribution in [0.15, 0.2) is 12.7 Å². The molecule has 2 aliphatic rings. The molecule has 0 saturated heterocycles. The first-order valence-corrected chi connectivity index (χ1v) is 12.0. The van der Waals surface area contributed by atoms with E-state index >= 15 is 0 Å². The van der Waals surface area contributed by atoms with Gasteiger partial charge >= 0.3 is 0 Å². The van der Waals surface area contributed by atoms with Gasteiger partial charge in [-0.3, -0.25) is 4.79 Å². The topological polar surface area (TPSA) is 97.7 Å². The summed E-state index contributed by atoms with van der Waals surface area (Å²) in [6.45, 7) is 9.97. The van der Waals surface area contributed by atoms with Crippen molar-refractivity contribution in [2.45, 2.75) is 51.6 Å². The number of anilines is 1. The molecule has 1 aromatic heterocycles. The van der Waals surface area contributed by atoms with Gasteiger partial charge in [-0.25, -0.2) is 4.98 Å². The predicted molar refractivity (Wildman–Crippen MR) is 125 cm³/mol. The van der Waals surface area contributed by atoms with Crippen LogP contribution in [-0.2, 0) is 11.2 Å². The Kier molecular flexibility index (Phi) is 7.46. The van der Waals surface area contributed by atoms with Gasteiger partial charge in [-0.05, 0) is 44.7 Å². The van der Waals surface area contributed by atoms with Gasteiger partial charge in [0.15, 0.2) is 5.13 Å². The van der Waals surface area contributed by atoms with E-state index in [0.29, 0.717) is 25.9 Å². The van der Waals surface area contributed by atoms with Crippen molar-refractivity contribution in [1.82, 2.24) is 15.2 Å². The number of aliphatic hydroxyl groups is 2. The molecular formula is C23H38N4O3S. The number of carbonyl (C=O) groups excluding carboxylic acids is 1. The fourth-order valence-corrected chi connectivity index (χ4v) is 6.63. The van der Waals surface area contributed by atoms with Gasteiger partial charge in [0, 0.05) is 42.3 Å². The van der Waals surface area contributed by atoms with Crippen molar-refractivity contribution in [2.75, 3.05) is 45.7 Å². The number of nitrogens with zero attached hydrogens (tertiary/aromatic N) is 2. The number of amides is 1. The number of aliphatic hydroxyl groups excluding tert-OH is 2. The molecule has 1 heterocycles. The highest BCUT2D eigenvalue weighted by Crippen LogP contribution is 2.62. The van der Waals surface area contributed by atoms with Gasteiger partial charge in [-0.2, -0.15) is 0 Å². The molecule has 1 amide bonds. The first-order valence-electron chi connectivity index (χ1n) is 11.2. The zero-order valence-corrected chi connectivity index (χ0v) is 20.1. The molecule has 1 saturated carbocycles. The first kappa shape index (κ1) is 24.2. The van der Waals surface area contributed by atoms with Gasteiger partial charge in [-0.1, -0.05) is 19.9 Å². The fourth-order valence-electron chi connectivity index (χ4n) is 5.56. The van der Waals surface area contributed by atoms with Crippen LogP contribution in [0.5, 0.6) is 0 Å². The molecule has 1 aromatic rings. The lowest BCUT2D eigenvalue weighted by Gasteiger charge is -2.58. The summed E-state index contributed by atoms with van der Waals surface area (Å²) in [5.74, 6) is 0.0631. The molecule has 0 spiro atoms. The van der Waals surface area contributed by atoms with Gasteiger partial charge in [-0.15, -0.1) is 17.9 Å². The van der Waals surface area contributed by atoms with E-state index in [1.807, 2.05) is 25.9 Å². The Bertz CT molecular complexity index is 798. The van der Waals surface area contributed by atoms with Gasteiger partial charge < -0.3 is 25.7 Å². The number of likely N-dealkylation sites (N-methyl/N-ethyl adjacent to an activating group) is 1. The molecular weight excluding hydrogens is 412 g/mol. The van der Waals surface area contributed by atoms with Crippen molar-refractivity contribution in [3.63, 3.8) is 0 Å². The second-order valence-electron chi connectivity index (χ2n) is 9.89. The molecule has 0 aliphatic heterocycles. The van der Waals surface area contributed by atoms with Gasteiger partial charge in [0.1, 0.15) is 0 Å². The van der Waals surface area contributed by atoms with Crippen molar-refractivity contribution in [3.05, 3.63) is 23.2 Å². The SMILES string of the molecule is C=CCNc1nc2c(s1)C[C@@H]1[C@](C)(CO)[C@H](O)CC[C@@]1(C)[C@@H]2CC(=O)NCCN(C)C. The highest BCUT2D eigenvalue weighted by molar-refractivity contribution is 7.15. The summed E-state index contributed by atoms with van der Waals surface area (Å²) in [6, 6.07) is 0. The standard InChI is InChI=1S/C23H38N4O3S/c1-6-9-25-21-26-20-15(12-19(30)24-10-11-27(4)5)22(2)8-7-18(29)23(3,14-28)17(22)13-16(20)31-21/h6,15,17-18,28-29H,1,7-14H2,2-5H3,(H,24,30)(H,25,26)/t15-,17+,18-,22+,23+/m1/s1. The molecule has 0 aromatic carbocycles. The number of thiazole rings is 1. The Balaban J connectivity index is 1.94. The molecule has 8 heteroatoms. The number of aromatic nitrogens is 1. The monoisotopic (exact) mass is 450 g/mol. The van der Waals surface area contributed by atoms with Crippen molar-refractivity contribution < 1.29 is 15.0 Å². The highest BCUT2D eigenvalue weighted by Gasteiger charge is 2.59. The number of fused-ring (bicyclic) bond motifs is 2. The van der Waals surface area contributed by atoms with Crippen LogP contribution in [0.2, 0.25) is 0 Å². The Labute approximate surface area is 189 Å². The van der Waals surface area contributed by atoms with E-state index in [1.165, 1.54) is 0 Å². The van der Waals surface area contributed by atoms with Crippen LogP contribution in [0, 0.1) is 16.7 Å². The summed E-state index contributed by atoms with van der Waals surface area (Å²) in [7, 11) is 3.97. The second kappa shape index (κ2) is 9.57. The highest BCUT2D eigenvalue weighted by atomic mass is 32.1. The van der Waals surface area contributed by atoms with Crippen LogP contribution in [0.25, 0.3) is 0 Å². The minimum absolute atomic E-state index is 0.0325. The van der Waals surface area contributed by atoms with Crippen LogP contribution in [0.4, 0.5) is 5.13 Å². The van der Waals surface area contributed by atoms with Crippen molar-refractivity contribution in [2.24, 2.45) is 16.7 Å². The average Bonchev–Trinajstić information content (AvgIpc) is 3.13. The third-order valence-electron chi connectivity index (χ3n) is 7.56.